The van der Waals surface area contributed by atoms with Crippen LogP contribution in [0.1, 0.15) is 36.4 Å². The van der Waals surface area contributed by atoms with E-state index in [1.807, 2.05) is 30.3 Å². The Bertz CT molecular complexity index is 1170. The van der Waals surface area contributed by atoms with Crippen LogP contribution in [-0.4, -0.2) is 25.0 Å². The van der Waals surface area contributed by atoms with Gasteiger partial charge in [0.15, 0.2) is 5.78 Å². The van der Waals surface area contributed by atoms with Gasteiger partial charge in [0.25, 0.3) is 0 Å². The van der Waals surface area contributed by atoms with E-state index in [-0.39, 0.29) is 11.8 Å². The number of hydrogen-bond donors (Lipinski definition) is 1. The molecule has 5 nitrogen and oxygen atoms in total. The zero-order valence-electron chi connectivity index (χ0n) is 16.5. The number of ether oxygens (including phenoxy) is 2. The highest BCUT2D eigenvalue weighted by atomic mass is 16.5. The van der Waals surface area contributed by atoms with Gasteiger partial charge in [0.1, 0.15) is 11.5 Å². The van der Waals surface area contributed by atoms with Gasteiger partial charge in [0, 0.05) is 40.4 Å². The van der Waals surface area contributed by atoms with Crippen LogP contribution in [0, 0.1) is 0 Å². The van der Waals surface area contributed by atoms with Crippen molar-refractivity contribution in [1.29, 1.82) is 0 Å². The van der Waals surface area contributed by atoms with Gasteiger partial charge in [-0.25, -0.2) is 0 Å². The van der Waals surface area contributed by atoms with E-state index in [4.69, 9.17) is 9.47 Å². The normalized spacial score (nSPS) is 18.1. The first kappa shape index (κ1) is 17.7. The van der Waals surface area contributed by atoms with Crippen molar-refractivity contribution in [2.75, 3.05) is 19.5 Å². The smallest absolute Gasteiger partial charge is 0.161 e. The van der Waals surface area contributed by atoms with Crippen molar-refractivity contribution in [3.8, 4) is 11.5 Å². The summed E-state index contributed by atoms with van der Waals surface area (Å²) in [6, 6.07) is 13.6. The number of aromatic nitrogens is 1. The maximum absolute atomic E-state index is 13.1. The molecule has 0 amide bonds. The number of Topliss-reactive ketones (excluding diaryl/α,β-unsaturated/α-hetero) is 1. The second kappa shape index (κ2) is 6.92. The molecule has 1 aliphatic heterocycles. The number of carbonyl (C=O) groups excluding carboxylic acids is 1. The topological polar surface area (TPSA) is 60.5 Å². The molecule has 146 valence electrons. The van der Waals surface area contributed by atoms with Crippen LogP contribution >= 0.6 is 0 Å². The third kappa shape index (κ3) is 2.77. The SMILES string of the molecule is COc1ccc(OC)c([C@H]2Nc3ccc4ncccc4c3C3=C2C(=O)CCC3)c1. The molecule has 0 saturated carbocycles. The Kier molecular flexibility index (Phi) is 4.23. The number of allylic oxidation sites excluding steroid dienone is 1. The molecule has 1 aromatic heterocycles. The summed E-state index contributed by atoms with van der Waals surface area (Å²) in [5, 5.41) is 4.70. The largest absolute Gasteiger partial charge is 0.497 e. The summed E-state index contributed by atoms with van der Waals surface area (Å²) in [4.78, 5) is 17.6. The first-order valence-corrected chi connectivity index (χ1v) is 9.84. The number of fused-ring (bicyclic) bond motifs is 4. The van der Waals surface area contributed by atoms with E-state index >= 15 is 0 Å². The number of carbonyl (C=O) groups is 1. The van der Waals surface area contributed by atoms with Gasteiger partial charge in [0.05, 0.1) is 25.8 Å². The minimum atomic E-state index is -0.274. The van der Waals surface area contributed by atoms with Crippen molar-refractivity contribution in [3.63, 3.8) is 0 Å². The first-order chi connectivity index (χ1) is 14.2. The van der Waals surface area contributed by atoms with Crippen LogP contribution in [0.15, 0.2) is 54.2 Å². The number of methoxy groups -OCH3 is 2. The van der Waals surface area contributed by atoms with Gasteiger partial charge >= 0.3 is 0 Å². The Morgan fingerprint density at radius 3 is 2.79 bits per heavy atom. The quantitative estimate of drug-likeness (QED) is 0.692. The molecule has 0 saturated heterocycles. The standard InChI is InChI=1S/C24H22N2O3/c1-28-14-8-11-21(29-2)17(13-14)24-23-16(5-3-7-20(23)27)22-15-6-4-12-25-18(15)9-10-19(22)26-24/h4,6,8-13,24,26H,3,5,7H2,1-2H3/t24-/m1/s1. The molecule has 2 heterocycles. The van der Waals surface area contributed by atoms with Crippen LogP contribution in [-0.2, 0) is 4.79 Å². The highest BCUT2D eigenvalue weighted by Gasteiger charge is 2.36. The van der Waals surface area contributed by atoms with Gasteiger partial charge in [-0.3, -0.25) is 9.78 Å². The summed E-state index contributed by atoms with van der Waals surface area (Å²) in [5.74, 6) is 1.67. The Morgan fingerprint density at radius 2 is 1.97 bits per heavy atom. The molecule has 0 fully saturated rings. The molecule has 1 N–H and O–H groups in total. The highest BCUT2D eigenvalue weighted by Crippen LogP contribution is 2.49. The maximum Gasteiger partial charge on any atom is 0.161 e. The number of nitrogens with zero attached hydrogens (tertiary/aromatic N) is 1. The average molecular weight is 386 g/mol. The van der Waals surface area contributed by atoms with Crippen LogP contribution in [0.4, 0.5) is 5.69 Å². The lowest BCUT2D eigenvalue weighted by Crippen LogP contribution is -2.27. The summed E-state index contributed by atoms with van der Waals surface area (Å²) >= 11 is 0. The number of hydrogen-bond acceptors (Lipinski definition) is 5. The lowest BCUT2D eigenvalue weighted by atomic mass is 9.77. The van der Waals surface area contributed by atoms with Crippen LogP contribution in [0.25, 0.3) is 16.5 Å². The second-order valence-corrected chi connectivity index (χ2v) is 7.41. The molecule has 29 heavy (non-hydrogen) atoms. The summed E-state index contributed by atoms with van der Waals surface area (Å²) in [7, 11) is 3.30. The summed E-state index contributed by atoms with van der Waals surface area (Å²) in [5.41, 5.74) is 5.95. The van der Waals surface area contributed by atoms with Crippen molar-refractivity contribution >= 4 is 27.9 Å². The van der Waals surface area contributed by atoms with Crippen molar-refractivity contribution in [2.24, 2.45) is 0 Å². The third-order valence-electron chi connectivity index (χ3n) is 5.88. The van der Waals surface area contributed by atoms with Crippen LogP contribution in [0.5, 0.6) is 11.5 Å². The fourth-order valence-electron chi connectivity index (χ4n) is 4.58. The molecule has 5 heteroatoms. The van der Waals surface area contributed by atoms with E-state index < -0.39 is 0 Å². The molecule has 3 aromatic rings. The number of ketones is 1. The maximum atomic E-state index is 13.1. The molecular weight excluding hydrogens is 364 g/mol. The summed E-state index contributed by atoms with van der Waals surface area (Å²) in [6.45, 7) is 0. The number of nitrogens with one attached hydrogen (secondary N) is 1. The first-order valence-electron chi connectivity index (χ1n) is 9.84. The lowest BCUT2D eigenvalue weighted by Gasteiger charge is -2.35. The molecule has 2 aromatic carbocycles. The predicted molar refractivity (Wildman–Crippen MR) is 113 cm³/mol. The summed E-state index contributed by atoms with van der Waals surface area (Å²) < 4.78 is 11.1. The van der Waals surface area contributed by atoms with Crippen molar-refractivity contribution in [3.05, 3.63) is 65.4 Å². The van der Waals surface area contributed by atoms with Gasteiger partial charge in [-0.2, -0.15) is 0 Å². The second-order valence-electron chi connectivity index (χ2n) is 7.41. The van der Waals surface area contributed by atoms with E-state index in [0.29, 0.717) is 6.42 Å². The zero-order valence-corrected chi connectivity index (χ0v) is 16.5. The van der Waals surface area contributed by atoms with E-state index in [1.165, 1.54) is 0 Å². The molecular formula is C24H22N2O3. The Hall–Kier alpha value is -3.34. The fourth-order valence-corrected chi connectivity index (χ4v) is 4.58. The van der Waals surface area contributed by atoms with Gasteiger partial charge in [-0.1, -0.05) is 6.07 Å². The summed E-state index contributed by atoms with van der Waals surface area (Å²) in [6.07, 6.45) is 4.13. The highest BCUT2D eigenvalue weighted by molar-refractivity contribution is 6.12. The Labute approximate surface area is 169 Å². The van der Waals surface area contributed by atoms with Crippen molar-refractivity contribution < 1.29 is 14.3 Å². The van der Waals surface area contributed by atoms with Crippen LogP contribution in [0.3, 0.4) is 0 Å². The van der Waals surface area contributed by atoms with Gasteiger partial charge in [-0.15, -0.1) is 0 Å². The molecule has 5 rings (SSSR count). The van der Waals surface area contributed by atoms with E-state index in [0.717, 1.165) is 63.2 Å². The van der Waals surface area contributed by atoms with Crippen molar-refractivity contribution in [2.45, 2.75) is 25.3 Å². The number of benzene rings is 2. The number of anilines is 1. The van der Waals surface area contributed by atoms with Crippen LogP contribution in [0.2, 0.25) is 0 Å². The molecule has 2 aliphatic rings. The fraction of sp³-hybridized carbons (Fsp3) is 0.250. The lowest BCUT2D eigenvalue weighted by molar-refractivity contribution is -0.116. The van der Waals surface area contributed by atoms with E-state index in [9.17, 15) is 4.79 Å². The Balaban J connectivity index is 1.78. The van der Waals surface area contributed by atoms with E-state index in [1.54, 1.807) is 20.4 Å². The third-order valence-corrected chi connectivity index (χ3v) is 5.88. The number of pyridine rings is 1. The molecule has 0 radical (unpaired) electrons. The molecule has 1 atom stereocenters. The average Bonchev–Trinajstić information content (AvgIpc) is 2.77. The molecule has 0 bridgehead atoms. The monoisotopic (exact) mass is 386 g/mol. The van der Waals surface area contributed by atoms with Crippen LogP contribution < -0.4 is 14.8 Å². The zero-order chi connectivity index (χ0) is 20.0. The predicted octanol–water partition coefficient (Wildman–Crippen LogP) is 4.93. The molecule has 0 spiro atoms. The number of rotatable bonds is 3. The minimum Gasteiger partial charge on any atom is -0.497 e. The van der Waals surface area contributed by atoms with E-state index in [2.05, 4.69) is 22.4 Å². The molecule has 1 aliphatic carbocycles. The van der Waals surface area contributed by atoms with Gasteiger partial charge < -0.3 is 14.8 Å². The van der Waals surface area contributed by atoms with Gasteiger partial charge in [-0.05, 0) is 54.8 Å². The van der Waals surface area contributed by atoms with Gasteiger partial charge in [0.2, 0.25) is 0 Å². The van der Waals surface area contributed by atoms with Crippen molar-refractivity contribution in [1.82, 2.24) is 4.98 Å². The minimum absolute atomic E-state index is 0.195. The molecule has 0 unspecified atom stereocenters. The Morgan fingerprint density at radius 1 is 1.07 bits per heavy atom.